The zero-order chi connectivity index (χ0) is 25.7. The summed E-state index contributed by atoms with van der Waals surface area (Å²) in [5.41, 5.74) is 1.36. The van der Waals surface area contributed by atoms with Crippen molar-refractivity contribution in [2.75, 3.05) is 42.8 Å². The first-order valence-electron chi connectivity index (χ1n) is 9.92. The molecule has 2 aromatic carbocycles. The minimum Gasteiger partial charge on any atom is -0.478 e. The molecule has 0 atom stereocenters. The number of halogens is 3. The van der Waals surface area contributed by atoms with E-state index in [1.54, 1.807) is 31.2 Å². The lowest BCUT2D eigenvalue weighted by Gasteiger charge is -2.34. The molecule has 0 radical (unpaired) electrons. The average molecular weight is 503 g/mol. The Morgan fingerprint density at radius 3 is 2.06 bits per heavy atom. The molecule has 1 saturated heterocycles. The summed E-state index contributed by atoms with van der Waals surface area (Å²) in [7, 11) is -1.83. The van der Waals surface area contributed by atoms with Crippen molar-refractivity contribution >= 4 is 33.3 Å². The monoisotopic (exact) mass is 503 g/mol. The van der Waals surface area contributed by atoms with Gasteiger partial charge in [0.1, 0.15) is 0 Å². The molecule has 9 nitrogen and oxygen atoms in total. The summed E-state index contributed by atoms with van der Waals surface area (Å²) >= 11 is 0. The van der Waals surface area contributed by atoms with Crippen LogP contribution in [-0.4, -0.2) is 74.9 Å². The molecular weight excluding hydrogens is 479 g/mol. The van der Waals surface area contributed by atoms with Gasteiger partial charge in [-0.2, -0.15) is 13.2 Å². The van der Waals surface area contributed by atoms with E-state index < -0.39 is 28.1 Å². The number of piperazine rings is 1. The Morgan fingerprint density at radius 2 is 1.56 bits per heavy atom. The van der Waals surface area contributed by atoms with Crippen molar-refractivity contribution in [3.05, 3.63) is 53.6 Å². The molecule has 13 heteroatoms. The first kappa shape index (κ1) is 26.9. The van der Waals surface area contributed by atoms with Crippen LogP contribution in [0.25, 0.3) is 0 Å². The summed E-state index contributed by atoms with van der Waals surface area (Å²) in [6.07, 6.45) is -5.08. The number of carboxylic acid groups (broad SMARTS) is 2. The molecule has 0 unspecified atom stereocenters. The quantitative estimate of drug-likeness (QED) is 0.569. The maximum absolute atomic E-state index is 12.7. The third-order valence-corrected chi connectivity index (χ3v) is 6.50. The van der Waals surface area contributed by atoms with Crippen LogP contribution in [0, 0.1) is 6.92 Å². The van der Waals surface area contributed by atoms with E-state index in [1.807, 2.05) is 7.05 Å². The number of sulfonamides is 1. The number of hydrogen-bond acceptors (Lipinski definition) is 6. The first-order chi connectivity index (χ1) is 15.7. The number of nitrogens with zero attached hydrogens (tertiary/aromatic N) is 2. The normalized spacial score (nSPS) is 14.7. The van der Waals surface area contributed by atoms with Crippen LogP contribution in [0.4, 0.5) is 24.5 Å². The van der Waals surface area contributed by atoms with Crippen molar-refractivity contribution < 1.29 is 41.4 Å². The lowest BCUT2D eigenvalue weighted by Crippen LogP contribution is -2.44. The second-order valence-electron chi connectivity index (χ2n) is 7.50. The highest BCUT2D eigenvalue weighted by Gasteiger charge is 2.38. The highest BCUT2D eigenvalue weighted by Crippen LogP contribution is 2.27. The zero-order valence-electron chi connectivity index (χ0n) is 18.3. The van der Waals surface area contributed by atoms with E-state index in [0.29, 0.717) is 5.56 Å². The van der Waals surface area contributed by atoms with Crippen LogP contribution in [0.3, 0.4) is 0 Å². The van der Waals surface area contributed by atoms with Crippen molar-refractivity contribution in [2.24, 2.45) is 0 Å². The van der Waals surface area contributed by atoms with Crippen LogP contribution in [-0.2, 0) is 14.8 Å². The number of aromatic carboxylic acids is 1. The van der Waals surface area contributed by atoms with Gasteiger partial charge in [0.25, 0.3) is 10.0 Å². The van der Waals surface area contributed by atoms with Crippen LogP contribution in [0.2, 0.25) is 0 Å². The molecule has 0 aromatic heterocycles. The number of benzene rings is 2. The highest BCUT2D eigenvalue weighted by atomic mass is 32.2. The third-order valence-electron chi connectivity index (χ3n) is 4.97. The summed E-state index contributed by atoms with van der Waals surface area (Å²) in [5.74, 6) is -3.93. The Morgan fingerprint density at radius 1 is 1.00 bits per heavy atom. The zero-order valence-corrected chi connectivity index (χ0v) is 19.2. The number of rotatable bonds is 5. The van der Waals surface area contributed by atoms with Crippen molar-refractivity contribution in [1.82, 2.24) is 4.90 Å². The van der Waals surface area contributed by atoms with E-state index in [4.69, 9.17) is 9.90 Å². The van der Waals surface area contributed by atoms with Gasteiger partial charge in [-0.3, -0.25) is 4.72 Å². The predicted octanol–water partition coefficient (Wildman–Crippen LogP) is 2.88. The molecule has 3 N–H and O–H groups in total. The van der Waals surface area contributed by atoms with Gasteiger partial charge in [-0.15, -0.1) is 0 Å². The lowest BCUT2D eigenvalue weighted by atomic mass is 10.1. The SMILES string of the molecule is Cc1ccccc1S(=O)(=O)Nc1ccc(N2CCN(C)CC2)cc1C(=O)O.O=C(O)C(F)(F)F. The first-order valence-corrected chi connectivity index (χ1v) is 11.4. The smallest absolute Gasteiger partial charge is 0.478 e. The fraction of sp³-hybridized carbons (Fsp3) is 0.333. The Hall–Kier alpha value is -3.32. The maximum atomic E-state index is 12.7. The van der Waals surface area contributed by atoms with E-state index in [-0.39, 0.29) is 16.1 Å². The summed E-state index contributed by atoms with van der Waals surface area (Å²) in [6, 6.07) is 11.4. The predicted molar refractivity (Wildman–Crippen MR) is 119 cm³/mol. The number of nitrogens with one attached hydrogen (secondary N) is 1. The summed E-state index contributed by atoms with van der Waals surface area (Å²) in [5, 5.41) is 16.7. The van der Waals surface area contributed by atoms with Crippen molar-refractivity contribution in [3.8, 4) is 0 Å². The molecule has 34 heavy (non-hydrogen) atoms. The van der Waals surface area contributed by atoms with Crippen molar-refractivity contribution in [3.63, 3.8) is 0 Å². The number of likely N-dealkylation sites (N-methyl/N-ethyl adjacent to an activating group) is 1. The summed E-state index contributed by atoms with van der Waals surface area (Å²) < 4.78 is 59.6. The topological polar surface area (TPSA) is 127 Å². The van der Waals surface area contributed by atoms with E-state index in [2.05, 4.69) is 14.5 Å². The average Bonchev–Trinajstić information content (AvgIpc) is 2.74. The minimum atomic E-state index is -5.08. The lowest BCUT2D eigenvalue weighted by molar-refractivity contribution is -0.192. The minimum absolute atomic E-state index is 0.0589. The maximum Gasteiger partial charge on any atom is 0.490 e. The van der Waals surface area contributed by atoms with Crippen LogP contribution < -0.4 is 9.62 Å². The number of anilines is 2. The van der Waals surface area contributed by atoms with E-state index in [1.165, 1.54) is 18.2 Å². The molecule has 2 aromatic rings. The summed E-state index contributed by atoms with van der Waals surface area (Å²) in [4.78, 5) is 25.1. The Labute approximate surface area is 194 Å². The van der Waals surface area contributed by atoms with Gasteiger partial charge in [0.2, 0.25) is 0 Å². The fourth-order valence-electron chi connectivity index (χ4n) is 3.12. The number of aliphatic carboxylic acids is 1. The van der Waals surface area contributed by atoms with E-state index >= 15 is 0 Å². The van der Waals surface area contributed by atoms with Crippen LogP contribution in [0.5, 0.6) is 0 Å². The van der Waals surface area contributed by atoms with Crippen molar-refractivity contribution in [2.45, 2.75) is 18.0 Å². The van der Waals surface area contributed by atoms with Gasteiger partial charge in [0.15, 0.2) is 0 Å². The standard InChI is InChI=1S/C19H23N3O4S.C2HF3O2/c1-14-5-3-4-6-18(14)27(25,26)20-17-8-7-15(13-16(17)19(23)24)22-11-9-21(2)10-12-22;3-2(4,5)1(6)7/h3-8,13,20H,9-12H2,1-2H3,(H,23,24);(H,6,7). The number of carboxylic acids is 2. The highest BCUT2D eigenvalue weighted by molar-refractivity contribution is 7.92. The molecule has 3 rings (SSSR count). The number of alkyl halides is 3. The van der Waals surface area contributed by atoms with Gasteiger partial charge in [0.05, 0.1) is 16.1 Å². The molecule has 0 amide bonds. The number of aryl methyl sites for hydroxylation is 1. The van der Waals surface area contributed by atoms with Gasteiger partial charge < -0.3 is 20.0 Å². The molecule has 1 heterocycles. The van der Waals surface area contributed by atoms with Gasteiger partial charge in [-0.1, -0.05) is 18.2 Å². The second-order valence-corrected chi connectivity index (χ2v) is 9.15. The molecule has 0 bridgehead atoms. The molecular formula is C21H24F3N3O6S. The molecule has 1 fully saturated rings. The fourth-order valence-corrected chi connectivity index (χ4v) is 4.44. The molecule has 186 valence electrons. The van der Waals surface area contributed by atoms with Crippen LogP contribution >= 0.6 is 0 Å². The van der Waals surface area contributed by atoms with Crippen molar-refractivity contribution in [1.29, 1.82) is 0 Å². The Kier molecular flexibility index (Phi) is 8.51. The van der Waals surface area contributed by atoms with Crippen LogP contribution in [0.15, 0.2) is 47.4 Å². The molecule has 1 aliphatic heterocycles. The van der Waals surface area contributed by atoms with Gasteiger partial charge in [-0.05, 0) is 43.8 Å². The Balaban J connectivity index is 0.000000509. The number of carbonyl (C=O) groups is 2. The van der Waals surface area contributed by atoms with Gasteiger partial charge in [0, 0.05) is 31.9 Å². The van der Waals surface area contributed by atoms with Crippen LogP contribution in [0.1, 0.15) is 15.9 Å². The Bertz CT molecular complexity index is 1150. The van der Waals surface area contributed by atoms with Gasteiger partial charge >= 0.3 is 18.1 Å². The van der Waals surface area contributed by atoms with E-state index in [9.17, 15) is 31.5 Å². The molecule has 0 spiro atoms. The largest absolute Gasteiger partial charge is 0.490 e. The van der Waals surface area contributed by atoms with E-state index in [0.717, 1.165) is 31.9 Å². The summed E-state index contributed by atoms with van der Waals surface area (Å²) in [6.45, 7) is 5.07. The molecule has 0 aliphatic carbocycles. The second kappa shape index (κ2) is 10.7. The number of hydrogen-bond donors (Lipinski definition) is 3. The molecule has 0 saturated carbocycles. The third kappa shape index (κ3) is 7.09. The molecule has 1 aliphatic rings. The van der Waals surface area contributed by atoms with Gasteiger partial charge in [-0.25, -0.2) is 18.0 Å².